The molecule has 2 atom stereocenters. The minimum Gasteiger partial charge on any atom is -0.480 e. The quantitative estimate of drug-likeness (QED) is 0.693. The van der Waals surface area contributed by atoms with Crippen LogP contribution in [0.3, 0.4) is 0 Å². The summed E-state index contributed by atoms with van der Waals surface area (Å²) in [6.45, 7) is 2.37. The maximum atomic E-state index is 12.3. The number of hydrogen-bond donors (Lipinski definition) is 1. The Hall–Kier alpha value is -0.310. The Morgan fingerprint density at radius 2 is 2.16 bits per heavy atom. The number of aliphatic carboxylic acids is 1. The van der Waals surface area contributed by atoms with Gasteiger partial charge in [-0.15, -0.1) is 11.8 Å². The van der Waals surface area contributed by atoms with Crippen LogP contribution in [0.1, 0.15) is 19.8 Å². The molecule has 2 fully saturated rings. The van der Waals surface area contributed by atoms with Crippen molar-refractivity contribution in [2.45, 2.75) is 31.2 Å². The Labute approximate surface area is 117 Å². The SMILES string of the molecule is CCOCCS(=O)(=O)N1C(C(=O)O)CSC1C1CC1. The average molecular weight is 309 g/mol. The van der Waals surface area contributed by atoms with Crippen LogP contribution in [0.5, 0.6) is 0 Å². The van der Waals surface area contributed by atoms with E-state index in [4.69, 9.17) is 4.74 Å². The Bertz CT molecular complexity index is 434. The smallest absolute Gasteiger partial charge is 0.322 e. The fourth-order valence-corrected chi connectivity index (χ4v) is 5.96. The highest BCUT2D eigenvalue weighted by molar-refractivity contribution is 8.01. The van der Waals surface area contributed by atoms with E-state index in [-0.39, 0.29) is 17.7 Å². The van der Waals surface area contributed by atoms with Crippen molar-refractivity contribution in [2.75, 3.05) is 24.7 Å². The van der Waals surface area contributed by atoms with Crippen LogP contribution in [0.25, 0.3) is 0 Å². The van der Waals surface area contributed by atoms with Crippen LogP contribution in [0.2, 0.25) is 0 Å². The van der Waals surface area contributed by atoms with Gasteiger partial charge in [-0.05, 0) is 25.7 Å². The molecule has 0 aromatic heterocycles. The predicted octanol–water partition coefficient (Wildman–Crippen LogP) is 0.591. The molecule has 2 unspecified atom stereocenters. The summed E-state index contributed by atoms with van der Waals surface area (Å²) in [6.07, 6.45) is 1.98. The zero-order valence-corrected chi connectivity index (χ0v) is 12.5. The van der Waals surface area contributed by atoms with Crippen LogP contribution in [-0.2, 0) is 19.6 Å². The summed E-state index contributed by atoms with van der Waals surface area (Å²) in [5, 5.41) is 8.99. The summed E-state index contributed by atoms with van der Waals surface area (Å²) in [7, 11) is -3.57. The number of nitrogens with zero attached hydrogens (tertiary/aromatic N) is 1. The Morgan fingerprint density at radius 3 is 2.68 bits per heavy atom. The van der Waals surface area contributed by atoms with Crippen LogP contribution in [-0.4, -0.2) is 59.9 Å². The highest BCUT2D eigenvalue weighted by atomic mass is 32.2. The zero-order chi connectivity index (χ0) is 14.0. The fourth-order valence-electron chi connectivity index (χ4n) is 2.19. The molecule has 1 saturated heterocycles. The van der Waals surface area contributed by atoms with E-state index in [1.807, 2.05) is 0 Å². The van der Waals surface area contributed by atoms with Crippen LogP contribution >= 0.6 is 11.8 Å². The van der Waals surface area contributed by atoms with Gasteiger partial charge in [0.15, 0.2) is 0 Å². The fraction of sp³-hybridized carbons (Fsp3) is 0.909. The molecule has 0 aromatic carbocycles. The lowest BCUT2D eigenvalue weighted by atomic mass is 10.3. The second-order valence-electron chi connectivity index (χ2n) is 4.76. The minimum absolute atomic E-state index is 0.115. The average Bonchev–Trinajstić information content (AvgIpc) is 3.07. The number of rotatable bonds is 7. The molecule has 1 aliphatic heterocycles. The molecule has 0 amide bonds. The lowest BCUT2D eigenvalue weighted by Crippen LogP contribution is -2.47. The molecule has 6 nitrogen and oxygen atoms in total. The molecule has 2 rings (SSSR count). The Kier molecular flexibility index (Phi) is 4.75. The highest BCUT2D eigenvalue weighted by Gasteiger charge is 2.50. The Balaban J connectivity index is 2.12. The number of ether oxygens (including phenoxy) is 1. The number of sulfonamides is 1. The predicted molar refractivity (Wildman–Crippen MR) is 72.5 cm³/mol. The first-order valence-electron chi connectivity index (χ1n) is 6.40. The molecule has 1 aliphatic carbocycles. The maximum absolute atomic E-state index is 12.3. The topological polar surface area (TPSA) is 83.9 Å². The summed E-state index contributed by atoms with van der Waals surface area (Å²) in [5.74, 6) is -0.550. The summed E-state index contributed by atoms with van der Waals surface area (Å²) in [6, 6.07) is -0.928. The van der Waals surface area contributed by atoms with Crippen molar-refractivity contribution in [3.63, 3.8) is 0 Å². The van der Waals surface area contributed by atoms with Gasteiger partial charge >= 0.3 is 5.97 Å². The van der Waals surface area contributed by atoms with Crippen LogP contribution in [0.15, 0.2) is 0 Å². The van der Waals surface area contributed by atoms with E-state index in [9.17, 15) is 18.3 Å². The van der Waals surface area contributed by atoms with Crippen LogP contribution in [0, 0.1) is 5.92 Å². The molecule has 1 saturated carbocycles. The molecule has 2 aliphatic rings. The van der Waals surface area contributed by atoms with Crippen molar-refractivity contribution in [3.05, 3.63) is 0 Å². The lowest BCUT2D eigenvalue weighted by Gasteiger charge is -2.26. The van der Waals surface area contributed by atoms with Crippen molar-refractivity contribution in [3.8, 4) is 0 Å². The van der Waals surface area contributed by atoms with Gasteiger partial charge in [-0.25, -0.2) is 8.42 Å². The highest BCUT2D eigenvalue weighted by Crippen LogP contribution is 2.46. The first kappa shape index (κ1) is 15.1. The Morgan fingerprint density at radius 1 is 1.47 bits per heavy atom. The maximum Gasteiger partial charge on any atom is 0.322 e. The van der Waals surface area contributed by atoms with E-state index in [0.29, 0.717) is 18.3 Å². The molecule has 0 aromatic rings. The summed E-state index contributed by atoms with van der Waals surface area (Å²) >= 11 is 1.45. The zero-order valence-electron chi connectivity index (χ0n) is 10.8. The van der Waals surface area contributed by atoms with Crippen LogP contribution in [0.4, 0.5) is 0 Å². The standard InChI is InChI=1S/C11H19NO5S2/c1-2-17-5-6-19(15,16)12-9(11(13)14)7-18-10(12)8-3-4-8/h8-10H,2-7H2,1H3,(H,13,14). The van der Waals surface area contributed by atoms with E-state index in [1.165, 1.54) is 16.1 Å². The second kappa shape index (κ2) is 5.99. The number of carboxylic acids is 1. The normalized spacial score (nSPS) is 28.7. The molecule has 0 radical (unpaired) electrons. The molecule has 1 N–H and O–H groups in total. The third-order valence-electron chi connectivity index (χ3n) is 3.30. The van der Waals surface area contributed by atoms with E-state index < -0.39 is 22.0 Å². The van der Waals surface area contributed by atoms with Crippen molar-refractivity contribution in [1.82, 2.24) is 4.31 Å². The van der Waals surface area contributed by atoms with Crippen molar-refractivity contribution in [2.24, 2.45) is 5.92 Å². The van der Waals surface area contributed by atoms with Gasteiger partial charge in [0.05, 0.1) is 17.7 Å². The van der Waals surface area contributed by atoms with Crippen molar-refractivity contribution < 1.29 is 23.1 Å². The summed E-state index contributed by atoms with van der Waals surface area (Å²) in [4.78, 5) is 11.2. The third-order valence-corrected chi connectivity index (χ3v) is 6.71. The first-order valence-corrected chi connectivity index (χ1v) is 9.06. The number of thioether (sulfide) groups is 1. The molecule has 19 heavy (non-hydrogen) atoms. The number of carboxylic acid groups (broad SMARTS) is 1. The van der Waals surface area contributed by atoms with E-state index in [1.54, 1.807) is 6.92 Å². The number of hydrogen-bond acceptors (Lipinski definition) is 5. The lowest BCUT2D eigenvalue weighted by molar-refractivity contribution is -0.140. The monoisotopic (exact) mass is 309 g/mol. The molecule has 110 valence electrons. The largest absolute Gasteiger partial charge is 0.480 e. The van der Waals surface area contributed by atoms with Gasteiger partial charge in [0.25, 0.3) is 0 Å². The molecule has 0 bridgehead atoms. The minimum atomic E-state index is -3.57. The van der Waals surface area contributed by atoms with Crippen LogP contribution < -0.4 is 0 Å². The van der Waals surface area contributed by atoms with Crippen molar-refractivity contribution in [1.29, 1.82) is 0 Å². The molecule has 1 heterocycles. The van der Waals surface area contributed by atoms with Gasteiger partial charge in [0, 0.05) is 12.4 Å². The van der Waals surface area contributed by atoms with Crippen molar-refractivity contribution >= 4 is 27.8 Å². The molecule has 0 spiro atoms. The second-order valence-corrected chi connectivity index (χ2v) is 7.90. The van der Waals surface area contributed by atoms with E-state index >= 15 is 0 Å². The van der Waals surface area contributed by atoms with E-state index in [0.717, 1.165) is 12.8 Å². The molecular weight excluding hydrogens is 290 g/mol. The molecular formula is C11H19NO5S2. The van der Waals surface area contributed by atoms with Gasteiger partial charge in [0.2, 0.25) is 10.0 Å². The third kappa shape index (κ3) is 3.42. The first-order chi connectivity index (χ1) is 8.97. The van der Waals surface area contributed by atoms with Gasteiger partial charge < -0.3 is 9.84 Å². The van der Waals surface area contributed by atoms with Gasteiger partial charge in [0.1, 0.15) is 6.04 Å². The summed E-state index contributed by atoms with van der Waals surface area (Å²) < 4.78 is 31.0. The van der Waals surface area contributed by atoms with Gasteiger partial charge in [-0.2, -0.15) is 4.31 Å². The van der Waals surface area contributed by atoms with E-state index in [2.05, 4.69) is 0 Å². The van der Waals surface area contributed by atoms with Gasteiger partial charge in [-0.3, -0.25) is 4.79 Å². The molecule has 8 heteroatoms. The van der Waals surface area contributed by atoms with Gasteiger partial charge in [-0.1, -0.05) is 0 Å². The number of carbonyl (C=O) groups is 1. The summed E-state index contributed by atoms with van der Waals surface area (Å²) in [5.41, 5.74) is 0.